The molecule has 0 aliphatic heterocycles. The lowest BCUT2D eigenvalue weighted by atomic mass is 9.93. The predicted octanol–water partition coefficient (Wildman–Crippen LogP) is 1.59. The fraction of sp³-hybridized carbons (Fsp3) is 0.917. The van der Waals surface area contributed by atoms with Crippen molar-refractivity contribution in [1.82, 2.24) is 4.90 Å². The highest BCUT2D eigenvalue weighted by Crippen LogP contribution is 2.24. The minimum atomic E-state index is -0.0414. The van der Waals surface area contributed by atoms with Gasteiger partial charge in [-0.3, -0.25) is 9.69 Å². The van der Waals surface area contributed by atoms with Gasteiger partial charge in [0.2, 0.25) is 0 Å². The predicted molar refractivity (Wildman–Crippen MR) is 60.8 cm³/mol. The Bertz CT molecular complexity index is 200. The molecule has 1 unspecified atom stereocenters. The number of hydrogen-bond donors (Lipinski definition) is 1. The van der Waals surface area contributed by atoms with E-state index >= 15 is 0 Å². The third-order valence-corrected chi connectivity index (χ3v) is 3.49. The average Bonchev–Trinajstić information content (AvgIpc) is 2.26. The average molecular weight is 213 g/mol. The molecule has 1 aliphatic carbocycles. The van der Waals surface area contributed by atoms with Gasteiger partial charge in [-0.2, -0.15) is 0 Å². The smallest absolute Gasteiger partial charge is 0.146 e. The molecule has 1 fully saturated rings. The number of nitrogens with zero attached hydrogens (tertiary/aromatic N) is 1. The largest absolute Gasteiger partial charge is 0.395 e. The van der Waals surface area contributed by atoms with Gasteiger partial charge in [-0.05, 0) is 26.7 Å². The Morgan fingerprint density at radius 2 is 2.00 bits per heavy atom. The van der Waals surface area contributed by atoms with E-state index in [0.29, 0.717) is 12.6 Å². The number of Topliss-reactive ketones (excluding diaryl/α,β-unsaturated/α-hetero) is 1. The van der Waals surface area contributed by atoms with Crippen LogP contribution >= 0.6 is 0 Å². The molecule has 1 atom stereocenters. The van der Waals surface area contributed by atoms with Gasteiger partial charge in [0.1, 0.15) is 5.78 Å². The maximum atomic E-state index is 11.4. The normalized spacial score (nSPS) is 20.5. The fourth-order valence-corrected chi connectivity index (χ4v) is 2.45. The number of aliphatic hydroxyl groups is 1. The van der Waals surface area contributed by atoms with Crippen molar-refractivity contribution in [3.63, 3.8) is 0 Å². The highest BCUT2D eigenvalue weighted by molar-refractivity contribution is 5.80. The molecule has 0 bridgehead atoms. The van der Waals surface area contributed by atoms with Crippen LogP contribution in [0.25, 0.3) is 0 Å². The van der Waals surface area contributed by atoms with Gasteiger partial charge in [0.15, 0.2) is 0 Å². The maximum Gasteiger partial charge on any atom is 0.146 e. The van der Waals surface area contributed by atoms with Crippen molar-refractivity contribution in [2.24, 2.45) is 0 Å². The summed E-state index contributed by atoms with van der Waals surface area (Å²) in [6.07, 6.45) is 6.20. The summed E-state index contributed by atoms with van der Waals surface area (Å²) in [5, 5.41) is 9.05. The molecule has 0 amide bonds. The van der Waals surface area contributed by atoms with Gasteiger partial charge >= 0.3 is 0 Å². The van der Waals surface area contributed by atoms with E-state index in [1.54, 1.807) is 6.92 Å². The summed E-state index contributed by atoms with van der Waals surface area (Å²) < 4.78 is 0. The first kappa shape index (κ1) is 12.7. The maximum absolute atomic E-state index is 11.4. The number of carbonyl (C=O) groups is 1. The standard InChI is InChI=1S/C12H23NO2/c1-10(11(2)15)13(8-9-14)12-6-4-3-5-7-12/h10,12,14H,3-9H2,1-2H3. The second-order valence-corrected chi connectivity index (χ2v) is 4.54. The fourth-order valence-electron chi connectivity index (χ4n) is 2.45. The molecule has 3 nitrogen and oxygen atoms in total. The van der Waals surface area contributed by atoms with Crippen molar-refractivity contribution in [2.75, 3.05) is 13.2 Å². The van der Waals surface area contributed by atoms with E-state index in [1.165, 1.54) is 32.1 Å². The zero-order chi connectivity index (χ0) is 11.3. The molecule has 0 aromatic heterocycles. The molecule has 1 aliphatic rings. The van der Waals surface area contributed by atoms with E-state index in [4.69, 9.17) is 5.11 Å². The van der Waals surface area contributed by atoms with Gasteiger partial charge in [-0.1, -0.05) is 19.3 Å². The number of aliphatic hydroxyl groups excluding tert-OH is 1. The van der Waals surface area contributed by atoms with Crippen LogP contribution in [0.3, 0.4) is 0 Å². The number of rotatable bonds is 5. The Morgan fingerprint density at radius 1 is 1.40 bits per heavy atom. The van der Waals surface area contributed by atoms with Crippen LogP contribution in [0, 0.1) is 0 Å². The number of ketones is 1. The molecule has 0 spiro atoms. The molecule has 0 aromatic rings. The lowest BCUT2D eigenvalue weighted by Gasteiger charge is -2.37. The van der Waals surface area contributed by atoms with E-state index in [2.05, 4.69) is 4.90 Å². The Kier molecular flexibility index (Phi) is 5.26. The van der Waals surface area contributed by atoms with Crippen molar-refractivity contribution >= 4 is 5.78 Å². The van der Waals surface area contributed by atoms with Crippen LogP contribution in [-0.2, 0) is 4.79 Å². The SMILES string of the molecule is CC(=O)C(C)N(CCO)C1CCCCC1. The molecule has 3 heteroatoms. The van der Waals surface area contributed by atoms with E-state index in [1.807, 2.05) is 6.92 Å². The van der Waals surface area contributed by atoms with E-state index in [9.17, 15) is 4.79 Å². The van der Waals surface area contributed by atoms with Gasteiger partial charge < -0.3 is 5.11 Å². The van der Waals surface area contributed by atoms with Crippen molar-refractivity contribution in [3.05, 3.63) is 0 Å². The molecule has 0 heterocycles. The highest BCUT2D eigenvalue weighted by atomic mass is 16.3. The molecule has 15 heavy (non-hydrogen) atoms. The van der Waals surface area contributed by atoms with Crippen LogP contribution in [0.15, 0.2) is 0 Å². The second-order valence-electron chi connectivity index (χ2n) is 4.54. The van der Waals surface area contributed by atoms with Crippen LogP contribution in [0.4, 0.5) is 0 Å². The van der Waals surface area contributed by atoms with E-state index in [0.717, 1.165) is 0 Å². The minimum absolute atomic E-state index is 0.0414. The topological polar surface area (TPSA) is 40.5 Å². The van der Waals surface area contributed by atoms with Crippen molar-refractivity contribution < 1.29 is 9.90 Å². The summed E-state index contributed by atoms with van der Waals surface area (Å²) in [7, 11) is 0. The third kappa shape index (κ3) is 3.58. The van der Waals surface area contributed by atoms with Crippen LogP contribution in [0.1, 0.15) is 46.0 Å². The lowest BCUT2D eigenvalue weighted by molar-refractivity contribution is -0.123. The van der Waals surface area contributed by atoms with Gasteiger partial charge in [0.25, 0.3) is 0 Å². The van der Waals surface area contributed by atoms with Crippen LogP contribution in [-0.4, -0.2) is 41.0 Å². The van der Waals surface area contributed by atoms with Gasteiger partial charge in [-0.25, -0.2) is 0 Å². The Balaban J connectivity index is 2.58. The van der Waals surface area contributed by atoms with Crippen LogP contribution in [0.2, 0.25) is 0 Å². The summed E-state index contributed by atoms with van der Waals surface area (Å²) >= 11 is 0. The van der Waals surface area contributed by atoms with E-state index in [-0.39, 0.29) is 18.4 Å². The molecule has 88 valence electrons. The Hall–Kier alpha value is -0.410. The lowest BCUT2D eigenvalue weighted by Crippen LogP contribution is -2.47. The third-order valence-electron chi connectivity index (χ3n) is 3.49. The quantitative estimate of drug-likeness (QED) is 0.754. The van der Waals surface area contributed by atoms with Gasteiger partial charge in [-0.15, -0.1) is 0 Å². The summed E-state index contributed by atoms with van der Waals surface area (Å²) in [6.45, 7) is 4.37. The zero-order valence-electron chi connectivity index (χ0n) is 9.91. The second kappa shape index (κ2) is 6.23. The molecule has 1 N–H and O–H groups in total. The Morgan fingerprint density at radius 3 is 2.47 bits per heavy atom. The Labute approximate surface area is 92.5 Å². The first-order valence-electron chi connectivity index (χ1n) is 6.04. The number of hydrogen-bond acceptors (Lipinski definition) is 3. The molecule has 0 radical (unpaired) electrons. The van der Waals surface area contributed by atoms with E-state index < -0.39 is 0 Å². The monoisotopic (exact) mass is 213 g/mol. The summed E-state index contributed by atoms with van der Waals surface area (Å²) in [5.41, 5.74) is 0. The van der Waals surface area contributed by atoms with Crippen molar-refractivity contribution in [1.29, 1.82) is 0 Å². The molecule has 1 saturated carbocycles. The van der Waals surface area contributed by atoms with Gasteiger partial charge in [0, 0.05) is 12.6 Å². The molecular formula is C12H23NO2. The van der Waals surface area contributed by atoms with Crippen molar-refractivity contribution in [2.45, 2.75) is 58.0 Å². The first-order chi connectivity index (χ1) is 7.16. The number of carbonyl (C=O) groups excluding carboxylic acids is 1. The first-order valence-corrected chi connectivity index (χ1v) is 6.04. The summed E-state index contributed by atoms with van der Waals surface area (Å²) in [5.74, 6) is 0.203. The minimum Gasteiger partial charge on any atom is -0.395 e. The van der Waals surface area contributed by atoms with Crippen LogP contribution in [0.5, 0.6) is 0 Å². The molecule has 1 rings (SSSR count). The highest BCUT2D eigenvalue weighted by Gasteiger charge is 2.26. The zero-order valence-corrected chi connectivity index (χ0v) is 9.91. The summed E-state index contributed by atoms with van der Waals surface area (Å²) in [6, 6.07) is 0.463. The molecular weight excluding hydrogens is 190 g/mol. The molecule has 0 saturated heterocycles. The van der Waals surface area contributed by atoms with Gasteiger partial charge in [0.05, 0.1) is 12.6 Å². The summed E-state index contributed by atoms with van der Waals surface area (Å²) in [4.78, 5) is 13.6. The van der Waals surface area contributed by atoms with Crippen LogP contribution < -0.4 is 0 Å². The van der Waals surface area contributed by atoms with Crippen molar-refractivity contribution in [3.8, 4) is 0 Å². The molecule has 0 aromatic carbocycles.